The van der Waals surface area contributed by atoms with Crippen LogP contribution < -0.4 is 14.8 Å². The lowest BCUT2D eigenvalue weighted by atomic mass is 10.1. The van der Waals surface area contributed by atoms with E-state index in [1.165, 1.54) is 22.2 Å². The summed E-state index contributed by atoms with van der Waals surface area (Å²) in [5.74, 6) is 1.24. The second kappa shape index (κ2) is 8.12. The molecule has 0 fully saturated rings. The van der Waals surface area contributed by atoms with Crippen molar-refractivity contribution in [3.63, 3.8) is 0 Å². The van der Waals surface area contributed by atoms with E-state index in [0.717, 1.165) is 18.6 Å². The van der Waals surface area contributed by atoms with Crippen LogP contribution in [0.3, 0.4) is 0 Å². The van der Waals surface area contributed by atoms with Crippen LogP contribution in [-0.2, 0) is 30.8 Å². The number of benzene rings is 2. The number of ether oxygens (including phenoxy) is 2. The van der Waals surface area contributed by atoms with Crippen LogP contribution >= 0.6 is 0 Å². The van der Waals surface area contributed by atoms with Crippen molar-refractivity contribution in [3.05, 3.63) is 65.5 Å². The molecule has 0 bridgehead atoms. The molecule has 0 aliphatic heterocycles. The van der Waals surface area contributed by atoms with E-state index >= 15 is 0 Å². The van der Waals surface area contributed by atoms with Gasteiger partial charge in [0.1, 0.15) is 30.3 Å². The Morgan fingerprint density at radius 1 is 1.18 bits per heavy atom. The highest BCUT2D eigenvalue weighted by molar-refractivity contribution is 5.92. The summed E-state index contributed by atoms with van der Waals surface area (Å²) < 4.78 is 12.6. The van der Waals surface area contributed by atoms with Gasteiger partial charge in [-0.1, -0.05) is 23.4 Å². The molecule has 1 N–H and O–H groups in total. The third kappa shape index (κ3) is 4.14. The smallest absolute Gasteiger partial charge is 0.246 e. The third-order valence-electron chi connectivity index (χ3n) is 4.73. The second-order valence-electron chi connectivity index (χ2n) is 6.73. The Morgan fingerprint density at radius 3 is 2.93 bits per heavy atom. The molecule has 0 saturated carbocycles. The molecule has 1 amide bonds. The predicted molar refractivity (Wildman–Crippen MR) is 104 cm³/mol. The summed E-state index contributed by atoms with van der Waals surface area (Å²) in [6, 6.07) is 13.5. The summed E-state index contributed by atoms with van der Waals surface area (Å²) in [5, 5.41) is 10.9. The molecule has 144 valence electrons. The zero-order chi connectivity index (χ0) is 19.3. The summed E-state index contributed by atoms with van der Waals surface area (Å²) in [6.07, 6.45) is 5.20. The SMILES string of the molecule is COc1ccccc1NC(=O)Cn1cc(COc2ccc3c(c2)CCC3)nn1. The molecule has 1 aliphatic rings. The van der Waals surface area contributed by atoms with E-state index in [0.29, 0.717) is 23.7 Å². The molecule has 28 heavy (non-hydrogen) atoms. The van der Waals surface area contributed by atoms with Crippen LogP contribution in [0.1, 0.15) is 23.2 Å². The molecular formula is C21H22N4O3. The number of hydrogen-bond acceptors (Lipinski definition) is 5. The number of nitrogens with zero attached hydrogens (tertiary/aromatic N) is 3. The van der Waals surface area contributed by atoms with Gasteiger partial charge in [-0.05, 0) is 54.7 Å². The summed E-state index contributed by atoms with van der Waals surface area (Å²) in [7, 11) is 1.57. The average Bonchev–Trinajstić information content (AvgIpc) is 3.35. The number of aryl methyl sites for hydroxylation is 2. The monoisotopic (exact) mass is 378 g/mol. The molecule has 2 aromatic carbocycles. The van der Waals surface area contributed by atoms with Crippen LogP contribution in [0, 0.1) is 0 Å². The average molecular weight is 378 g/mol. The van der Waals surface area contributed by atoms with Gasteiger partial charge in [0.15, 0.2) is 0 Å². The maximum atomic E-state index is 12.3. The Hall–Kier alpha value is -3.35. The first-order valence-corrected chi connectivity index (χ1v) is 9.28. The van der Waals surface area contributed by atoms with Gasteiger partial charge in [0, 0.05) is 0 Å². The largest absolute Gasteiger partial charge is 0.495 e. The topological polar surface area (TPSA) is 78.3 Å². The van der Waals surface area contributed by atoms with Crippen molar-refractivity contribution in [3.8, 4) is 11.5 Å². The number of amides is 1. The molecule has 3 aromatic rings. The van der Waals surface area contributed by atoms with Crippen molar-refractivity contribution < 1.29 is 14.3 Å². The highest BCUT2D eigenvalue weighted by Crippen LogP contribution is 2.26. The Bertz CT molecular complexity index is 983. The summed E-state index contributed by atoms with van der Waals surface area (Å²) in [6.45, 7) is 0.372. The Labute approximate surface area is 163 Å². The fourth-order valence-corrected chi connectivity index (χ4v) is 3.36. The maximum absolute atomic E-state index is 12.3. The number of methoxy groups -OCH3 is 1. The number of para-hydroxylation sites is 2. The molecule has 0 saturated heterocycles. The normalized spacial score (nSPS) is 12.5. The quantitative estimate of drug-likeness (QED) is 0.684. The van der Waals surface area contributed by atoms with E-state index in [2.05, 4.69) is 27.8 Å². The lowest BCUT2D eigenvalue weighted by molar-refractivity contribution is -0.116. The Kier molecular flexibility index (Phi) is 5.23. The van der Waals surface area contributed by atoms with Gasteiger partial charge in [0.05, 0.1) is 19.0 Å². The van der Waals surface area contributed by atoms with Crippen molar-refractivity contribution in [1.82, 2.24) is 15.0 Å². The fraction of sp³-hybridized carbons (Fsp3) is 0.286. The second-order valence-corrected chi connectivity index (χ2v) is 6.73. The van der Waals surface area contributed by atoms with Crippen LogP contribution in [0.2, 0.25) is 0 Å². The zero-order valence-electron chi connectivity index (χ0n) is 15.7. The maximum Gasteiger partial charge on any atom is 0.246 e. The standard InChI is InChI=1S/C21H22N4O3/c1-27-20-8-3-2-7-19(20)22-21(26)13-25-12-17(23-24-25)14-28-18-10-9-15-5-4-6-16(15)11-18/h2-3,7-12H,4-6,13-14H2,1H3,(H,22,26). The molecule has 0 radical (unpaired) electrons. The number of rotatable bonds is 7. The Balaban J connectivity index is 1.32. The van der Waals surface area contributed by atoms with E-state index < -0.39 is 0 Å². The first kappa shape index (κ1) is 18.0. The first-order chi connectivity index (χ1) is 13.7. The fourth-order valence-electron chi connectivity index (χ4n) is 3.36. The van der Waals surface area contributed by atoms with Gasteiger partial charge in [-0.15, -0.1) is 5.10 Å². The first-order valence-electron chi connectivity index (χ1n) is 9.28. The molecule has 4 rings (SSSR count). The molecule has 0 spiro atoms. The minimum Gasteiger partial charge on any atom is -0.495 e. The number of hydrogen-bond donors (Lipinski definition) is 1. The van der Waals surface area contributed by atoms with E-state index in [-0.39, 0.29) is 12.5 Å². The molecule has 0 atom stereocenters. The minimum absolute atomic E-state index is 0.0594. The van der Waals surface area contributed by atoms with Gasteiger partial charge in [0.2, 0.25) is 5.91 Å². The molecule has 1 heterocycles. The Morgan fingerprint density at radius 2 is 2.04 bits per heavy atom. The van der Waals surface area contributed by atoms with Gasteiger partial charge in [-0.3, -0.25) is 4.79 Å². The number of carbonyl (C=O) groups excluding carboxylic acids is 1. The van der Waals surface area contributed by atoms with Crippen LogP contribution in [0.5, 0.6) is 11.5 Å². The number of carbonyl (C=O) groups is 1. The highest BCUT2D eigenvalue weighted by Gasteiger charge is 2.12. The van der Waals surface area contributed by atoms with Gasteiger partial charge < -0.3 is 14.8 Å². The van der Waals surface area contributed by atoms with Crippen molar-refractivity contribution in [2.45, 2.75) is 32.4 Å². The summed E-state index contributed by atoms with van der Waals surface area (Å²) >= 11 is 0. The van der Waals surface area contributed by atoms with Gasteiger partial charge in [0.25, 0.3) is 0 Å². The van der Waals surface area contributed by atoms with Gasteiger partial charge in [-0.25, -0.2) is 4.68 Å². The molecule has 7 heteroatoms. The van der Waals surface area contributed by atoms with E-state index in [4.69, 9.17) is 9.47 Å². The number of fused-ring (bicyclic) bond motifs is 1. The zero-order valence-corrected chi connectivity index (χ0v) is 15.7. The molecule has 7 nitrogen and oxygen atoms in total. The van der Waals surface area contributed by atoms with E-state index in [1.807, 2.05) is 18.2 Å². The lowest BCUT2D eigenvalue weighted by Crippen LogP contribution is -2.19. The van der Waals surface area contributed by atoms with Crippen LogP contribution in [0.25, 0.3) is 0 Å². The summed E-state index contributed by atoms with van der Waals surface area (Å²) in [5.41, 5.74) is 4.08. The summed E-state index contributed by atoms with van der Waals surface area (Å²) in [4.78, 5) is 12.3. The predicted octanol–water partition coefficient (Wildman–Crippen LogP) is 2.99. The number of aromatic nitrogens is 3. The third-order valence-corrected chi connectivity index (χ3v) is 4.73. The number of anilines is 1. The van der Waals surface area contributed by atoms with Crippen molar-refractivity contribution in [2.75, 3.05) is 12.4 Å². The minimum atomic E-state index is -0.208. The molecule has 0 unspecified atom stereocenters. The highest BCUT2D eigenvalue weighted by atomic mass is 16.5. The lowest BCUT2D eigenvalue weighted by Gasteiger charge is -2.09. The molecule has 1 aromatic heterocycles. The molecule has 1 aliphatic carbocycles. The molecular weight excluding hydrogens is 356 g/mol. The van der Waals surface area contributed by atoms with Crippen molar-refractivity contribution in [2.24, 2.45) is 0 Å². The van der Waals surface area contributed by atoms with E-state index in [9.17, 15) is 4.79 Å². The van der Waals surface area contributed by atoms with Gasteiger partial charge >= 0.3 is 0 Å². The van der Waals surface area contributed by atoms with E-state index in [1.54, 1.807) is 25.4 Å². The van der Waals surface area contributed by atoms with Crippen LogP contribution in [0.15, 0.2) is 48.7 Å². The van der Waals surface area contributed by atoms with Crippen LogP contribution in [-0.4, -0.2) is 28.0 Å². The van der Waals surface area contributed by atoms with Crippen molar-refractivity contribution in [1.29, 1.82) is 0 Å². The van der Waals surface area contributed by atoms with Crippen molar-refractivity contribution >= 4 is 11.6 Å². The van der Waals surface area contributed by atoms with Gasteiger partial charge in [-0.2, -0.15) is 0 Å². The van der Waals surface area contributed by atoms with Crippen LogP contribution in [0.4, 0.5) is 5.69 Å². The number of nitrogens with one attached hydrogen (secondary N) is 1.